The Morgan fingerprint density at radius 2 is 2.14 bits per heavy atom. The van der Waals surface area contributed by atoms with Crippen molar-refractivity contribution in [1.29, 1.82) is 0 Å². The van der Waals surface area contributed by atoms with Crippen LogP contribution in [0.25, 0.3) is 11.5 Å². The summed E-state index contributed by atoms with van der Waals surface area (Å²) in [4.78, 5) is 11.0. The van der Waals surface area contributed by atoms with Gasteiger partial charge in [-0.2, -0.15) is 4.98 Å². The normalized spacial score (nSPS) is 18.0. The molecule has 6 heteroatoms. The van der Waals surface area contributed by atoms with Crippen molar-refractivity contribution in [3.05, 3.63) is 24.2 Å². The van der Waals surface area contributed by atoms with Gasteiger partial charge in [-0.05, 0) is 44.7 Å². The molecule has 21 heavy (non-hydrogen) atoms. The van der Waals surface area contributed by atoms with Gasteiger partial charge in [-0.1, -0.05) is 5.16 Å². The van der Waals surface area contributed by atoms with E-state index in [0.717, 1.165) is 37.3 Å². The minimum absolute atomic E-state index is 0.242. The molecule has 6 nitrogen and oxygen atoms in total. The Hall–Kier alpha value is -1.95. The molecule has 0 saturated carbocycles. The number of piperidine rings is 1. The second kappa shape index (κ2) is 5.81. The number of rotatable bonds is 3. The zero-order valence-electron chi connectivity index (χ0n) is 12.4. The fourth-order valence-corrected chi connectivity index (χ4v) is 2.82. The maximum atomic E-state index is 9.70. The summed E-state index contributed by atoms with van der Waals surface area (Å²) in [5.41, 5.74) is 0.869. The Balaban J connectivity index is 1.83. The Morgan fingerprint density at radius 3 is 2.76 bits per heavy atom. The van der Waals surface area contributed by atoms with Gasteiger partial charge in [-0.15, -0.1) is 0 Å². The molecule has 0 aromatic carbocycles. The lowest BCUT2D eigenvalue weighted by molar-refractivity contribution is 0.110. The van der Waals surface area contributed by atoms with Crippen molar-refractivity contribution in [3.63, 3.8) is 0 Å². The molecule has 1 fully saturated rings. The van der Waals surface area contributed by atoms with E-state index in [1.807, 2.05) is 19.1 Å². The SMILES string of the molecule is Cc1noc(-c2cccnc2N2CCC(C(C)O)CC2)n1. The van der Waals surface area contributed by atoms with Crippen LogP contribution in [0.4, 0.5) is 5.82 Å². The van der Waals surface area contributed by atoms with Gasteiger partial charge in [0.15, 0.2) is 5.82 Å². The summed E-state index contributed by atoms with van der Waals surface area (Å²) in [6.45, 7) is 5.43. The maximum Gasteiger partial charge on any atom is 0.261 e. The first kappa shape index (κ1) is 14.0. The highest BCUT2D eigenvalue weighted by Gasteiger charge is 2.25. The van der Waals surface area contributed by atoms with E-state index in [9.17, 15) is 5.11 Å². The highest BCUT2D eigenvalue weighted by atomic mass is 16.5. The molecule has 0 bridgehead atoms. The quantitative estimate of drug-likeness (QED) is 0.931. The number of anilines is 1. The van der Waals surface area contributed by atoms with Gasteiger partial charge in [0.05, 0.1) is 11.7 Å². The lowest BCUT2D eigenvalue weighted by Crippen LogP contribution is -2.37. The predicted molar refractivity (Wildman–Crippen MR) is 78.9 cm³/mol. The van der Waals surface area contributed by atoms with Crippen LogP contribution < -0.4 is 4.90 Å². The molecule has 0 radical (unpaired) electrons. The summed E-state index contributed by atoms with van der Waals surface area (Å²) < 4.78 is 5.27. The largest absolute Gasteiger partial charge is 0.393 e. The van der Waals surface area contributed by atoms with Crippen LogP contribution in [0.2, 0.25) is 0 Å². The Bertz CT molecular complexity index is 603. The van der Waals surface area contributed by atoms with Crippen molar-refractivity contribution < 1.29 is 9.63 Å². The topological polar surface area (TPSA) is 75.3 Å². The van der Waals surface area contributed by atoms with Crippen LogP contribution in [-0.2, 0) is 0 Å². The van der Waals surface area contributed by atoms with Crippen molar-refractivity contribution in [3.8, 4) is 11.5 Å². The minimum atomic E-state index is -0.242. The van der Waals surface area contributed by atoms with E-state index in [1.54, 1.807) is 13.1 Å². The van der Waals surface area contributed by atoms with E-state index in [1.165, 1.54) is 0 Å². The van der Waals surface area contributed by atoms with Crippen molar-refractivity contribution in [2.45, 2.75) is 32.8 Å². The average molecular weight is 288 g/mol. The van der Waals surface area contributed by atoms with Crippen LogP contribution in [0.1, 0.15) is 25.6 Å². The third-order valence-corrected chi connectivity index (χ3v) is 4.07. The van der Waals surface area contributed by atoms with Crippen LogP contribution in [0.3, 0.4) is 0 Å². The third-order valence-electron chi connectivity index (χ3n) is 4.07. The molecule has 2 aromatic heterocycles. The summed E-state index contributed by atoms with van der Waals surface area (Å²) in [5.74, 6) is 2.38. The molecule has 1 N–H and O–H groups in total. The lowest BCUT2D eigenvalue weighted by Gasteiger charge is -2.34. The molecule has 2 aromatic rings. The second-order valence-corrected chi connectivity index (χ2v) is 5.59. The van der Waals surface area contributed by atoms with Gasteiger partial charge in [0.25, 0.3) is 5.89 Å². The van der Waals surface area contributed by atoms with Crippen LogP contribution in [0, 0.1) is 12.8 Å². The van der Waals surface area contributed by atoms with Gasteiger partial charge in [0.2, 0.25) is 0 Å². The number of aryl methyl sites for hydroxylation is 1. The van der Waals surface area contributed by atoms with E-state index in [2.05, 4.69) is 20.0 Å². The van der Waals surface area contributed by atoms with Gasteiger partial charge in [0, 0.05) is 19.3 Å². The zero-order valence-corrected chi connectivity index (χ0v) is 12.4. The fourth-order valence-electron chi connectivity index (χ4n) is 2.82. The summed E-state index contributed by atoms with van der Waals surface area (Å²) in [6, 6.07) is 3.83. The molecule has 0 aliphatic carbocycles. The van der Waals surface area contributed by atoms with Gasteiger partial charge in [-0.25, -0.2) is 4.98 Å². The minimum Gasteiger partial charge on any atom is -0.393 e. The van der Waals surface area contributed by atoms with Crippen LogP contribution in [0.5, 0.6) is 0 Å². The molecule has 1 atom stereocenters. The Labute approximate surface area is 123 Å². The molecule has 3 heterocycles. The van der Waals surface area contributed by atoms with Crippen molar-refractivity contribution in [1.82, 2.24) is 15.1 Å². The first-order valence-corrected chi connectivity index (χ1v) is 7.34. The number of pyridine rings is 1. The first-order valence-electron chi connectivity index (χ1n) is 7.34. The molecule has 1 unspecified atom stereocenters. The van der Waals surface area contributed by atoms with Gasteiger partial charge in [-0.3, -0.25) is 0 Å². The van der Waals surface area contributed by atoms with Crippen LogP contribution >= 0.6 is 0 Å². The summed E-state index contributed by atoms with van der Waals surface area (Å²) in [7, 11) is 0. The molecule has 1 aliphatic rings. The molecule has 112 valence electrons. The van der Waals surface area contributed by atoms with Crippen LogP contribution in [-0.4, -0.2) is 39.4 Å². The van der Waals surface area contributed by atoms with Crippen molar-refractivity contribution in [2.24, 2.45) is 5.92 Å². The highest BCUT2D eigenvalue weighted by molar-refractivity contribution is 5.69. The summed E-state index contributed by atoms with van der Waals surface area (Å²) in [5, 5.41) is 13.6. The standard InChI is InChI=1S/C15H20N4O2/c1-10(20)12-5-8-19(9-6-12)14-13(4-3-7-16-14)15-17-11(2)18-21-15/h3-4,7,10,12,20H,5-6,8-9H2,1-2H3. The first-order chi connectivity index (χ1) is 10.1. The maximum absolute atomic E-state index is 9.70. The molecular weight excluding hydrogens is 268 g/mol. The summed E-state index contributed by atoms with van der Waals surface area (Å²) >= 11 is 0. The molecular formula is C15H20N4O2. The van der Waals surface area contributed by atoms with E-state index >= 15 is 0 Å². The van der Waals surface area contributed by atoms with E-state index < -0.39 is 0 Å². The van der Waals surface area contributed by atoms with Crippen LogP contribution in [0.15, 0.2) is 22.9 Å². The fraction of sp³-hybridized carbons (Fsp3) is 0.533. The van der Waals surface area contributed by atoms with Gasteiger partial charge in [0.1, 0.15) is 5.82 Å². The van der Waals surface area contributed by atoms with Crippen molar-refractivity contribution >= 4 is 5.82 Å². The zero-order chi connectivity index (χ0) is 14.8. The number of hydrogen-bond acceptors (Lipinski definition) is 6. The monoisotopic (exact) mass is 288 g/mol. The molecule has 1 aliphatic heterocycles. The average Bonchev–Trinajstić information content (AvgIpc) is 2.94. The van der Waals surface area contributed by atoms with Gasteiger partial charge >= 0.3 is 0 Å². The number of nitrogens with zero attached hydrogens (tertiary/aromatic N) is 4. The lowest BCUT2D eigenvalue weighted by atomic mass is 9.92. The predicted octanol–water partition coefficient (Wildman–Crippen LogP) is 2.04. The van der Waals surface area contributed by atoms with Crippen molar-refractivity contribution in [2.75, 3.05) is 18.0 Å². The second-order valence-electron chi connectivity index (χ2n) is 5.59. The number of aliphatic hydroxyl groups is 1. The molecule has 3 rings (SSSR count). The van der Waals surface area contributed by atoms with E-state index in [-0.39, 0.29) is 6.10 Å². The summed E-state index contributed by atoms with van der Waals surface area (Å²) in [6.07, 6.45) is 3.48. The molecule has 1 saturated heterocycles. The van der Waals surface area contributed by atoms with E-state index in [4.69, 9.17) is 4.52 Å². The van der Waals surface area contributed by atoms with E-state index in [0.29, 0.717) is 17.6 Å². The smallest absolute Gasteiger partial charge is 0.261 e. The number of aliphatic hydroxyl groups excluding tert-OH is 1. The Kier molecular flexibility index (Phi) is 3.88. The molecule has 0 spiro atoms. The number of aromatic nitrogens is 3. The highest BCUT2D eigenvalue weighted by Crippen LogP contribution is 2.31. The third kappa shape index (κ3) is 2.90. The molecule has 0 amide bonds. The Morgan fingerprint density at radius 1 is 1.38 bits per heavy atom. The van der Waals surface area contributed by atoms with Gasteiger partial charge < -0.3 is 14.5 Å². The number of hydrogen-bond donors (Lipinski definition) is 1.